The minimum absolute atomic E-state index is 0.0527. The minimum atomic E-state index is -3.74. The van der Waals surface area contributed by atoms with Crippen LogP contribution in [0.25, 0.3) is 0 Å². The molecule has 2 aliphatic heterocycles. The van der Waals surface area contributed by atoms with Crippen molar-refractivity contribution in [2.75, 3.05) is 38.6 Å². The first-order chi connectivity index (χ1) is 17.3. The molecule has 2 aromatic carbocycles. The molecule has 9 heteroatoms. The topological polar surface area (TPSA) is 96.0 Å². The number of ether oxygens (including phenoxy) is 1. The molecule has 2 aromatic rings. The van der Waals surface area contributed by atoms with Crippen LogP contribution >= 0.6 is 0 Å². The quantitative estimate of drug-likeness (QED) is 0.618. The van der Waals surface area contributed by atoms with Gasteiger partial charge in [0.05, 0.1) is 28.8 Å². The number of benzene rings is 2. The molecule has 8 nitrogen and oxygen atoms in total. The highest BCUT2D eigenvalue weighted by molar-refractivity contribution is 7.89. The molecule has 0 aliphatic carbocycles. The second-order valence-electron chi connectivity index (χ2n) is 9.65. The van der Waals surface area contributed by atoms with E-state index in [1.54, 1.807) is 24.3 Å². The average Bonchev–Trinajstić information content (AvgIpc) is 3.18. The van der Waals surface area contributed by atoms with E-state index >= 15 is 0 Å². The first-order valence-electron chi connectivity index (χ1n) is 12.7. The number of anilines is 1. The molecule has 0 saturated carbocycles. The van der Waals surface area contributed by atoms with Crippen LogP contribution in [-0.4, -0.2) is 62.7 Å². The number of piperidine rings is 1. The summed E-state index contributed by atoms with van der Waals surface area (Å²) >= 11 is 0. The van der Waals surface area contributed by atoms with Crippen LogP contribution in [0.15, 0.2) is 47.4 Å². The van der Waals surface area contributed by atoms with Gasteiger partial charge in [0.2, 0.25) is 10.0 Å². The average molecular weight is 514 g/mol. The van der Waals surface area contributed by atoms with E-state index in [9.17, 15) is 18.0 Å². The molecule has 4 rings (SSSR count). The molecule has 2 fully saturated rings. The Morgan fingerprint density at radius 2 is 1.58 bits per heavy atom. The maximum atomic E-state index is 13.4. The van der Waals surface area contributed by atoms with Crippen LogP contribution in [0.3, 0.4) is 0 Å². The van der Waals surface area contributed by atoms with Crippen molar-refractivity contribution in [1.29, 1.82) is 0 Å². The van der Waals surface area contributed by atoms with E-state index in [1.165, 1.54) is 29.6 Å². The molecule has 194 valence electrons. The SMILES string of the molecule is COc1ccc(S(=O)(=O)N2CCC(C)CC2)cc1C(=O)Nc1ccccc1C(=O)N1CCCCCC1. The van der Waals surface area contributed by atoms with Crippen molar-refractivity contribution in [1.82, 2.24) is 9.21 Å². The number of amides is 2. The van der Waals surface area contributed by atoms with Crippen molar-refractivity contribution in [3.63, 3.8) is 0 Å². The summed E-state index contributed by atoms with van der Waals surface area (Å²) in [4.78, 5) is 28.5. The fourth-order valence-corrected chi connectivity index (χ4v) is 6.31. The van der Waals surface area contributed by atoms with Crippen LogP contribution in [0.5, 0.6) is 5.75 Å². The van der Waals surface area contributed by atoms with E-state index in [-0.39, 0.29) is 22.1 Å². The molecule has 1 N–H and O–H groups in total. The molecular weight excluding hydrogens is 478 g/mol. The van der Waals surface area contributed by atoms with Gasteiger partial charge in [-0.15, -0.1) is 0 Å². The Kier molecular flexibility index (Phi) is 8.31. The summed E-state index contributed by atoms with van der Waals surface area (Å²) in [6, 6.07) is 11.3. The number of methoxy groups -OCH3 is 1. The van der Waals surface area contributed by atoms with E-state index in [1.807, 2.05) is 4.90 Å². The standard InChI is InChI=1S/C27H35N3O5S/c1-20-13-17-30(18-14-20)36(33,34)21-11-12-25(35-2)23(19-21)26(31)28-24-10-6-5-9-22(24)27(32)29-15-7-3-4-8-16-29/h5-6,9-12,19-20H,3-4,7-8,13-18H2,1-2H3,(H,28,31). The normalized spacial score (nSPS) is 17.9. The van der Waals surface area contributed by atoms with Crippen LogP contribution in [0.1, 0.15) is 66.2 Å². The Morgan fingerprint density at radius 1 is 0.917 bits per heavy atom. The van der Waals surface area contributed by atoms with Crippen LogP contribution < -0.4 is 10.1 Å². The lowest BCUT2D eigenvalue weighted by Gasteiger charge is -2.29. The Bertz CT molecular complexity index is 1200. The lowest BCUT2D eigenvalue weighted by Crippen LogP contribution is -2.38. The van der Waals surface area contributed by atoms with Gasteiger partial charge < -0.3 is 15.0 Å². The number of hydrogen-bond acceptors (Lipinski definition) is 5. The highest BCUT2D eigenvalue weighted by atomic mass is 32.2. The van der Waals surface area contributed by atoms with Gasteiger partial charge in [0.25, 0.3) is 11.8 Å². The number of carbonyl (C=O) groups is 2. The van der Waals surface area contributed by atoms with E-state index in [2.05, 4.69) is 12.2 Å². The number of carbonyl (C=O) groups excluding carboxylic acids is 2. The van der Waals surface area contributed by atoms with Crippen molar-refractivity contribution >= 4 is 27.5 Å². The predicted octanol–water partition coefficient (Wildman–Crippen LogP) is 4.38. The number of hydrogen-bond donors (Lipinski definition) is 1. The summed E-state index contributed by atoms with van der Waals surface area (Å²) in [7, 11) is -2.31. The molecule has 0 aromatic heterocycles. The molecule has 0 unspecified atom stereocenters. The zero-order chi connectivity index (χ0) is 25.7. The van der Waals surface area contributed by atoms with Crippen LogP contribution in [-0.2, 0) is 10.0 Å². The Morgan fingerprint density at radius 3 is 2.25 bits per heavy atom. The molecule has 2 heterocycles. The van der Waals surface area contributed by atoms with E-state index in [4.69, 9.17) is 4.74 Å². The summed E-state index contributed by atoms with van der Waals surface area (Å²) in [6.07, 6.45) is 5.77. The lowest BCUT2D eigenvalue weighted by molar-refractivity contribution is 0.0762. The summed E-state index contributed by atoms with van der Waals surface area (Å²) in [5, 5.41) is 2.83. The third-order valence-corrected chi connectivity index (χ3v) is 8.99. The first kappa shape index (κ1) is 26.2. The van der Waals surface area contributed by atoms with Gasteiger partial charge in [0, 0.05) is 26.2 Å². The van der Waals surface area contributed by atoms with Crippen molar-refractivity contribution in [3.8, 4) is 5.75 Å². The smallest absolute Gasteiger partial charge is 0.259 e. The third-order valence-electron chi connectivity index (χ3n) is 7.09. The largest absolute Gasteiger partial charge is 0.496 e. The van der Waals surface area contributed by atoms with Crippen molar-refractivity contribution in [2.45, 2.75) is 50.3 Å². The zero-order valence-corrected chi connectivity index (χ0v) is 21.9. The molecule has 2 amide bonds. The molecular formula is C27H35N3O5S. The van der Waals surface area contributed by atoms with Gasteiger partial charge in [0.1, 0.15) is 5.75 Å². The minimum Gasteiger partial charge on any atom is -0.496 e. The highest BCUT2D eigenvalue weighted by Crippen LogP contribution is 2.29. The Hall–Kier alpha value is -2.91. The molecule has 0 bridgehead atoms. The fourth-order valence-electron chi connectivity index (χ4n) is 4.81. The maximum Gasteiger partial charge on any atom is 0.259 e. The van der Waals surface area contributed by atoms with E-state index < -0.39 is 15.9 Å². The van der Waals surface area contributed by atoms with Crippen molar-refractivity contribution < 1.29 is 22.7 Å². The number of sulfonamides is 1. The lowest BCUT2D eigenvalue weighted by atomic mass is 10.0. The van der Waals surface area contributed by atoms with Gasteiger partial charge in [-0.3, -0.25) is 9.59 Å². The van der Waals surface area contributed by atoms with Gasteiger partial charge in [-0.1, -0.05) is 31.9 Å². The summed E-state index contributed by atoms with van der Waals surface area (Å²) in [5.41, 5.74) is 0.899. The van der Waals surface area contributed by atoms with Crippen LogP contribution in [0, 0.1) is 5.92 Å². The summed E-state index contributed by atoms with van der Waals surface area (Å²) < 4.78 is 33.4. The second kappa shape index (κ2) is 11.4. The summed E-state index contributed by atoms with van der Waals surface area (Å²) in [6.45, 7) is 4.44. The van der Waals surface area contributed by atoms with Crippen LogP contribution in [0.4, 0.5) is 5.69 Å². The monoisotopic (exact) mass is 513 g/mol. The van der Waals surface area contributed by atoms with Gasteiger partial charge in [0.15, 0.2) is 0 Å². The molecule has 2 aliphatic rings. The summed E-state index contributed by atoms with van der Waals surface area (Å²) in [5.74, 6) is 0.100. The maximum absolute atomic E-state index is 13.4. The van der Waals surface area contributed by atoms with Gasteiger partial charge in [-0.05, 0) is 61.9 Å². The third kappa shape index (κ3) is 5.73. The van der Waals surface area contributed by atoms with Crippen molar-refractivity contribution in [2.24, 2.45) is 5.92 Å². The predicted molar refractivity (Wildman–Crippen MR) is 139 cm³/mol. The number of rotatable bonds is 6. The number of para-hydroxylation sites is 1. The second-order valence-corrected chi connectivity index (χ2v) is 11.6. The number of nitrogens with one attached hydrogen (secondary N) is 1. The van der Waals surface area contributed by atoms with E-state index in [0.717, 1.165) is 38.5 Å². The van der Waals surface area contributed by atoms with Gasteiger partial charge >= 0.3 is 0 Å². The Labute approximate surface area is 213 Å². The highest BCUT2D eigenvalue weighted by Gasteiger charge is 2.30. The van der Waals surface area contributed by atoms with Crippen LogP contribution in [0.2, 0.25) is 0 Å². The fraction of sp³-hybridized carbons (Fsp3) is 0.481. The molecule has 36 heavy (non-hydrogen) atoms. The molecule has 0 radical (unpaired) electrons. The van der Waals surface area contributed by atoms with E-state index in [0.29, 0.717) is 43.3 Å². The molecule has 0 spiro atoms. The molecule has 0 atom stereocenters. The van der Waals surface area contributed by atoms with Gasteiger partial charge in [-0.25, -0.2) is 8.42 Å². The zero-order valence-electron chi connectivity index (χ0n) is 21.0. The number of likely N-dealkylation sites (tertiary alicyclic amines) is 1. The Balaban J connectivity index is 1.59. The van der Waals surface area contributed by atoms with Crippen molar-refractivity contribution in [3.05, 3.63) is 53.6 Å². The molecule has 2 saturated heterocycles. The number of nitrogens with zero attached hydrogens (tertiary/aromatic N) is 2. The first-order valence-corrected chi connectivity index (χ1v) is 14.1. The van der Waals surface area contributed by atoms with Gasteiger partial charge in [-0.2, -0.15) is 4.31 Å².